The van der Waals surface area contributed by atoms with Crippen LogP contribution in [-0.4, -0.2) is 39.1 Å². The van der Waals surface area contributed by atoms with Gasteiger partial charge in [0.05, 0.1) is 18.2 Å². The number of hydrogen-bond acceptors (Lipinski definition) is 5. The Morgan fingerprint density at radius 1 is 1.28 bits per heavy atom. The molecule has 0 amide bonds. The molecule has 4 rings (SSSR count). The van der Waals surface area contributed by atoms with E-state index in [1.165, 1.54) is 18.5 Å². The SMILES string of the molecule is O=C(CC1CSC1)c1cnn(C2=NOC(c3cc(Cl)cc(Cl)c3)(C(F)(F)F)C2)c1. The van der Waals surface area contributed by atoms with Gasteiger partial charge >= 0.3 is 6.18 Å². The maximum absolute atomic E-state index is 14.0. The molecule has 0 radical (unpaired) electrons. The molecule has 0 saturated carbocycles. The summed E-state index contributed by atoms with van der Waals surface area (Å²) < 4.78 is 43.2. The molecule has 1 saturated heterocycles. The molecule has 0 aliphatic carbocycles. The summed E-state index contributed by atoms with van der Waals surface area (Å²) in [7, 11) is 0. The average Bonchev–Trinajstić information content (AvgIpc) is 3.24. The van der Waals surface area contributed by atoms with Gasteiger partial charge in [0.15, 0.2) is 11.6 Å². The number of Topliss-reactive ketones (excluding diaryl/α,β-unsaturated/α-hetero) is 1. The number of carbonyl (C=O) groups is 1. The molecule has 1 aromatic heterocycles. The summed E-state index contributed by atoms with van der Waals surface area (Å²) in [6, 6.07) is 3.63. The third-order valence-electron chi connectivity index (χ3n) is 4.85. The highest BCUT2D eigenvalue weighted by molar-refractivity contribution is 8.00. The van der Waals surface area contributed by atoms with Crippen molar-refractivity contribution in [2.75, 3.05) is 11.5 Å². The van der Waals surface area contributed by atoms with Crippen LogP contribution in [0.2, 0.25) is 10.0 Å². The Bertz CT molecular complexity index is 971. The van der Waals surface area contributed by atoms with E-state index in [-0.39, 0.29) is 27.2 Å². The van der Waals surface area contributed by atoms with Gasteiger partial charge in [-0.1, -0.05) is 28.4 Å². The van der Waals surface area contributed by atoms with E-state index in [1.807, 2.05) is 0 Å². The summed E-state index contributed by atoms with van der Waals surface area (Å²) in [5.74, 6) is 2.06. The van der Waals surface area contributed by atoms with Crippen LogP contribution in [0.5, 0.6) is 0 Å². The molecule has 2 aliphatic rings. The molecule has 11 heteroatoms. The van der Waals surface area contributed by atoms with Crippen molar-refractivity contribution in [2.45, 2.75) is 24.6 Å². The minimum Gasteiger partial charge on any atom is -0.372 e. The molecule has 0 N–H and O–H groups in total. The summed E-state index contributed by atoms with van der Waals surface area (Å²) in [5, 5.41) is 7.73. The van der Waals surface area contributed by atoms with E-state index >= 15 is 0 Å². The molecule has 29 heavy (non-hydrogen) atoms. The number of aromatic nitrogens is 2. The van der Waals surface area contributed by atoms with Crippen LogP contribution in [0.3, 0.4) is 0 Å². The number of nitrogens with zero attached hydrogens (tertiary/aromatic N) is 3. The quantitative estimate of drug-likeness (QED) is 0.587. The van der Waals surface area contributed by atoms with E-state index < -0.39 is 18.2 Å². The third kappa shape index (κ3) is 3.87. The summed E-state index contributed by atoms with van der Waals surface area (Å²) in [6.07, 6.45) is -2.31. The minimum absolute atomic E-state index is 0.0503. The van der Waals surface area contributed by atoms with Gasteiger partial charge in [-0.05, 0) is 35.6 Å². The first-order valence-corrected chi connectivity index (χ1v) is 10.5. The first kappa shape index (κ1) is 20.6. The van der Waals surface area contributed by atoms with Crippen molar-refractivity contribution in [1.82, 2.24) is 9.78 Å². The van der Waals surface area contributed by atoms with Crippen LogP contribution in [0.15, 0.2) is 35.7 Å². The number of thioether (sulfide) groups is 1. The van der Waals surface area contributed by atoms with E-state index in [4.69, 9.17) is 28.0 Å². The first-order chi connectivity index (χ1) is 13.7. The van der Waals surface area contributed by atoms with Gasteiger partial charge in [-0.2, -0.15) is 30.0 Å². The predicted octanol–water partition coefficient (Wildman–Crippen LogP) is 5.17. The second-order valence-electron chi connectivity index (χ2n) is 6.96. The van der Waals surface area contributed by atoms with Gasteiger partial charge in [0.1, 0.15) is 0 Å². The van der Waals surface area contributed by atoms with E-state index in [9.17, 15) is 18.0 Å². The highest BCUT2D eigenvalue weighted by Crippen LogP contribution is 2.49. The Morgan fingerprint density at radius 3 is 2.55 bits per heavy atom. The van der Waals surface area contributed by atoms with Crippen molar-refractivity contribution < 1.29 is 22.8 Å². The molecule has 1 aromatic carbocycles. The van der Waals surface area contributed by atoms with Crippen molar-refractivity contribution in [2.24, 2.45) is 11.1 Å². The zero-order valence-electron chi connectivity index (χ0n) is 14.7. The Morgan fingerprint density at radius 2 is 1.97 bits per heavy atom. The fourth-order valence-corrected chi connectivity index (χ4v) is 4.52. The largest absolute Gasteiger partial charge is 0.435 e. The van der Waals surface area contributed by atoms with Gasteiger partial charge in [-0.15, -0.1) is 0 Å². The van der Waals surface area contributed by atoms with Gasteiger partial charge < -0.3 is 4.84 Å². The van der Waals surface area contributed by atoms with Gasteiger partial charge in [0.25, 0.3) is 5.60 Å². The lowest BCUT2D eigenvalue weighted by atomic mass is 9.89. The topological polar surface area (TPSA) is 56.5 Å². The molecule has 1 fully saturated rings. The molecular weight excluding hydrogens is 450 g/mol. The maximum Gasteiger partial charge on any atom is 0.435 e. The van der Waals surface area contributed by atoms with Crippen LogP contribution in [0.4, 0.5) is 13.2 Å². The first-order valence-electron chi connectivity index (χ1n) is 8.62. The Labute approximate surface area is 178 Å². The van der Waals surface area contributed by atoms with Crippen LogP contribution < -0.4 is 0 Å². The lowest BCUT2D eigenvalue weighted by Gasteiger charge is -2.29. The van der Waals surface area contributed by atoms with Crippen LogP contribution in [0, 0.1) is 5.92 Å². The molecule has 154 valence electrons. The molecule has 3 heterocycles. The monoisotopic (exact) mass is 463 g/mol. The minimum atomic E-state index is -4.79. The number of hydrogen-bond donors (Lipinski definition) is 0. The zero-order valence-corrected chi connectivity index (χ0v) is 17.1. The molecule has 2 aliphatic heterocycles. The van der Waals surface area contributed by atoms with Crippen molar-refractivity contribution in [3.63, 3.8) is 0 Å². The summed E-state index contributed by atoms with van der Waals surface area (Å²) in [4.78, 5) is 17.2. The van der Waals surface area contributed by atoms with Gasteiger partial charge in [0, 0.05) is 28.2 Å². The molecule has 1 atom stereocenters. The number of carbonyl (C=O) groups excluding carboxylic acids is 1. The fourth-order valence-electron chi connectivity index (χ4n) is 3.19. The summed E-state index contributed by atoms with van der Waals surface area (Å²) in [5.41, 5.74) is -2.66. The van der Waals surface area contributed by atoms with Crippen LogP contribution in [0.25, 0.3) is 0 Å². The average molecular weight is 464 g/mol. The number of rotatable bonds is 4. The van der Waals surface area contributed by atoms with Crippen molar-refractivity contribution in [1.29, 1.82) is 0 Å². The smallest absolute Gasteiger partial charge is 0.372 e. The van der Waals surface area contributed by atoms with E-state index in [1.54, 1.807) is 11.8 Å². The Hall–Kier alpha value is -1.71. The molecular formula is C18H14Cl2F3N3O2S. The van der Waals surface area contributed by atoms with Crippen LogP contribution >= 0.6 is 35.0 Å². The molecule has 5 nitrogen and oxygen atoms in total. The van der Waals surface area contributed by atoms with E-state index in [0.717, 1.165) is 28.3 Å². The normalized spacial score (nSPS) is 22.2. The standard InChI is InChI=1S/C18H14Cl2F3N3O2S/c19-13-2-12(3-14(20)4-13)17(18(21,22)23)5-16(25-28-17)26-7-11(6-24-26)15(27)1-10-8-29-9-10/h2-4,6-7,10H,1,5,8-9H2. The summed E-state index contributed by atoms with van der Waals surface area (Å²) >= 11 is 13.6. The fraction of sp³-hybridized carbons (Fsp3) is 0.389. The zero-order chi connectivity index (χ0) is 20.8. The maximum atomic E-state index is 14.0. The highest BCUT2D eigenvalue weighted by Gasteiger charge is 2.62. The van der Waals surface area contributed by atoms with Crippen molar-refractivity contribution in [3.05, 3.63) is 51.8 Å². The number of alkyl halides is 3. The molecule has 1 unspecified atom stereocenters. The lowest BCUT2D eigenvalue weighted by Crippen LogP contribution is -2.43. The molecule has 0 spiro atoms. The van der Waals surface area contributed by atoms with Gasteiger partial charge in [-0.25, -0.2) is 4.68 Å². The molecule has 2 aromatic rings. The third-order valence-corrected chi connectivity index (χ3v) is 6.70. The number of ketones is 1. The number of oxime groups is 1. The Balaban J connectivity index is 1.59. The van der Waals surface area contributed by atoms with Crippen LogP contribution in [0.1, 0.15) is 28.8 Å². The van der Waals surface area contributed by atoms with E-state index in [2.05, 4.69) is 10.3 Å². The van der Waals surface area contributed by atoms with Gasteiger partial charge in [-0.3, -0.25) is 4.79 Å². The predicted molar refractivity (Wildman–Crippen MR) is 105 cm³/mol. The second kappa shape index (κ2) is 7.52. The molecule has 0 bridgehead atoms. The number of benzene rings is 1. The lowest BCUT2D eigenvalue weighted by molar-refractivity contribution is -0.275. The second-order valence-corrected chi connectivity index (χ2v) is 8.91. The van der Waals surface area contributed by atoms with E-state index in [0.29, 0.717) is 17.9 Å². The van der Waals surface area contributed by atoms with Gasteiger partial charge in [0.2, 0.25) is 0 Å². The van der Waals surface area contributed by atoms with Crippen LogP contribution in [-0.2, 0) is 10.4 Å². The summed E-state index contributed by atoms with van der Waals surface area (Å²) in [6.45, 7) is 0. The number of halogens is 5. The highest BCUT2D eigenvalue weighted by atomic mass is 35.5. The van der Waals surface area contributed by atoms with Crippen molar-refractivity contribution >= 4 is 46.6 Å². The van der Waals surface area contributed by atoms with Crippen molar-refractivity contribution in [3.8, 4) is 0 Å². The Kier molecular flexibility index (Phi) is 5.33.